The van der Waals surface area contributed by atoms with E-state index in [2.05, 4.69) is 41.3 Å². The maximum Gasteiger partial charge on any atom is 0.231 e. The number of nitrogens with zero attached hydrogens (tertiary/aromatic N) is 1. The summed E-state index contributed by atoms with van der Waals surface area (Å²) in [5.41, 5.74) is 5.96. The lowest BCUT2D eigenvalue weighted by Crippen LogP contribution is -2.33. The van der Waals surface area contributed by atoms with E-state index < -0.39 is 0 Å². The summed E-state index contributed by atoms with van der Waals surface area (Å²) in [6, 6.07) is 30.2. The molecule has 0 radical (unpaired) electrons. The molecule has 4 aromatic rings. The first-order chi connectivity index (χ1) is 18.2. The lowest BCUT2D eigenvalue weighted by Gasteiger charge is -2.29. The second-order valence-corrected chi connectivity index (χ2v) is 9.27. The summed E-state index contributed by atoms with van der Waals surface area (Å²) >= 11 is 0. The number of methoxy groups -OCH3 is 1. The lowest BCUT2D eigenvalue weighted by atomic mass is 10.0. The smallest absolute Gasteiger partial charge is 0.231 e. The molecular formula is C32H27NO4. The highest BCUT2D eigenvalue weighted by Gasteiger charge is 2.33. The number of hydrogen-bond donors (Lipinski definition) is 0. The molecule has 0 atom stereocenters. The van der Waals surface area contributed by atoms with Crippen molar-refractivity contribution in [3.05, 3.63) is 119 Å². The number of carbonyl (C=O) groups is 1. The summed E-state index contributed by atoms with van der Waals surface area (Å²) < 4.78 is 17.4. The van der Waals surface area contributed by atoms with Gasteiger partial charge in [-0.2, -0.15) is 0 Å². The molecule has 5 nitrogen and oxygen atoms in total. The van der Waals surface area contributed by atoms with Crippen molar-refractivity contribution in [2.75, 3.05) is 20.4 Å². The first kappa shape index (κ1) is 23.1. The fourth-order valence-corrected chi connectivity index (χ4v) is 4.78. The fraction of sp³-hybridized carbons (Fsp3) is 0.156. The average Bonchev–Trinajstić information content (AvgIpc) is 3.28. The van der Waals surface area contributed by atoms with Gasteiger partial charge in [0.25, 0.3) is 0 Å². The van der Waals surface area contributed by atoms with Gasteiger partial charge in [-0.1, -0.05) is 66.7 Å². The van der Waals surface area contributed by atoms with E-state index in [1.165, 1.54) is 5.56 Å². The molecule has 4 aromatic carbocycles. The Morgan fingerprint density at radius 3 is 2.41 bits per heavy atom. The second-order valence-electron chi connectivity index (χ2n) is 9.27. The van der Waals surface area contributed by atoms with Crippen molar-refractivity contribution < 1.29 is 19.0 Å². The van der Waals surface area contributed by atoms with Crippen molar-refractivity contribution in [1.29, 1.82) is 0 Å². The average molecular weight is 490 g/mol. The van der Waals surface area contributed by atoms with E-state index in [1.54, 1.807) is 7.11 Å². The predicted molar refractivity (Wildman–Crippen MR) is 144 cm³/mol. The summed E-state index contributed by atoms with van der Waals surface area (Å²) in [5.74, 6) is 2.49. The number of ether oxygens (including phenoxy) is 3. The van der Waals surface area contributed by atoms with Gasteiger partial charge in [0, 0.05) is 13.1 Å². The van der Waals surface area contributed by atoms with Crippen molar-refractivity contribution in [2.24, 2.45) is 0 Å². The maximum absolute atomic E-state index is 13.2. The van der Waals surface area contributed by atoms with Gasteiger partial charge in [-0.05, 0) is 59.0 Å². The highest BCUT2D eigenvalue weighted by molar-refractivity contribution is 6.15. The summed E-state index contributed by atoms with van der Waals surface area (Å²) in [7, 11) is 1.67. The van der Waals surface area contributed by atoms with Gasteiger partial charge in [0.05, 0.1) is 18.2 Å². The normalized spacial score (nSPS) is 15.6. The van der Waals surface area contributed by atoms with Crippen LogP contribution in [-0.2, 0) is 13.0 Å². The third kappa shape index (κ3) is 4.74. The summed E-state index contributed by atoms with van der Waals surface area (Å²) in [6.45, 7) is 2.01. The molecule has 0 N–H and O–H groups in total. The molecule has 0 unspecified atom stereocenters. The highest BCUT2D eigenvalue weighted by Crippen LogP contribution is 2.42. The number of Topliss-reactive ketones (excluding diaryl/α,β-unsaturated/α-hetero) is 1. The van der Waals surface area contributed by atoms with E-state index in [-0.39, 0.29) is 5.78 Å². The minimum atomic E-state index is -0.0970. The van der Waals surface area contributed by atoms with Crippen LogP contribution in [0.25, 0.3) is 17.2 Å². The van der Waals surface area contributed by atoms with E-state index in [0.29, 0.717) is 30.3 Å². The van der Waals surface area contributed by atoms with Crippen LogP contribution in [-0.4, -0.2) is 31.1 Å². The molecule has 0 amide bonds. The van der Waals surface area contributed by atoms with Crippen molar-refractivity contribution in [3.63, 3.8) is 0 Å². The zero-order chi connectivity index (χ0) is 25.2. The molecule has 0 fully saturated rings. The van der Waals surface area contributed by atoms with Crippen LogP contribution in [0.5, 0.6) is 17.2 Å². The standard InChI is InChI=1S/C32H27NO4/c1-35-26-13-9-22(10-14-26)17-18-33-20-28-29(36-21-33)16-15-27-31(34)30(37-32(27)28)19-23-7-11-25(12-8-23)24-5-3-2-4-6-24/h2-16,19H,17-18,20-21H2,1H3/b30-19-. The Kier molecular flexibility index (Phi) is 6.21. The van der Waals surface area contributed by atoms with Crippen molar-refractivity contribution in [1.82, 2.24) is 4.90 Å². The molecule has 5 heteroatoms. The molecule has 0 aromatic heterocycles. The number of carbonyl (C=O) groups excluding carboxylic acids is 1. The van der Waals surface area contributed by atoms with Crippen molar-refractivity contribution >= 4 is 11.9 Å². The highest BCUT2D eigenvalue weighted by atomic mass is 16.5. The maximum atomic E-state index is 13.2. The molecule has 0 spiro atoms. The topological polar surface area (TPSA) is 48.0 Å². The molecular weight excluding hydrogens is 462 g/mol. The molecule has 2 aliphatic rings. The zero-order valence-corrected chi connectivity index (χ0v) is 20.6. The van der Waals surface area contributed by atoms with Gasteiger partial charge in [-0.15, -0.1) is 0 Å². The molecule has 0 bridgehead atoms. The van der Waals surface area contributed by atoms with E-state index in [9.17, 15) is 4.79 Å². The number of allylic oxidation sites excluding steroid dienone is 1. The SMILES string of the molecule is COc1ccc(CCN2COc3ccc4c(c3C2)O/C(=C\c2ccc(-c3ccccc3)cc2)C4=O)cc1. The van der Waals surface area contributed by atoms with Gasteiger partial charge in [0.15, 0.2) is 5.76 Å². The van der Waals surface area contributed by atoms with Crippen LogP contribution in [0.2, 0.25) is 0 Å². The van der Waals surface area contributed by atoms with Gasteiger partial charge in [0.1, 0.15) is 24.0 Å². The van der Waals surface area contributed by atoms with Crippen LogP contribution in [0.15, 0.2) is 96.8 Å². The van der Waals surface area contributed by atoms with Crippen molar-refractivity contribution in [3.8, 4) is 28.4 Å². The molecule has 184 valence electrons. The first-order valence-electron chi connectivity index (χ1n) is 12.4. The van der Waals surface area contributed by atoms with E-state index in [1.807, 2.05) is 60.7 Å². The fourth-order valence-electron chi connectivity index (χ4n) is 4.78. The summed E-state index contributed by atoms with van der Waals surface area (Å²) in [6.07, 6.45) is 2.70. The number of ketones is 1. The molecule has 0 saturated heterocycles. The predicted octanol–water partition coefficient (Wildman–Crippen LogP) is 6.37. The van der Waals surface area contributed by atoms with Gasteiger partial charge in [-0.3, -0.25) is 9.69 Å². The Hall–Kier alpha value is -4.35. The molecule has 2 heterocycles. The quantitative estimate of drug-likeness (QED) is 0.295. The Morgan fingerprint density at radius 1 is 0.892 bits per heavy atom. The number of hydrogen-bond acceptors (Lipinski definition) is 5. The lowest BCUT2D eigenvalue weighted by molar-refractivity contribution is 0.0949. The first-order valence-corrected chi connectivity index (χ1v) is 12.4. The molecule has 0 aliphatic carbocycles. The Bertz CT molecular complexity index is 1460. The molecule has 0 saturated carbocycles. The summed E-state index contributed by atoms with van der Waals surface area (Å²) in [4.78, 5) is 15.4. The van der Waals surface area contributed by atoms with Crippen LogP contribution in [0.4, 0.5) is 0 Å². The number of benzene rings is 4. The second kappa shape index (κ2) is 9.96. The summed E-state index contributed by atoms with van der Waals surface area (Å²) in [5, 5.41) is 0. The minimum absolute atomic E-state index is 0.0970. The number of fused-ring (bicyclic) bond motifs is 3. The van der Waals surface area contributed by atoms with Crippen LogP contribution < -0.4 is 14.2 Å². The van der Waals surface area contributed by atoms with Gasteiger partial charge >= 0.3 is 0 Å². The number of rotatable bonds is 6. The van der Waals surface area contributed by atoms with Gasteiger partial charge in [-0.25, -0.2) is 0 Å². The Balaban J connectivity index is 1.18. The Morgan fingerprint density at radius 2 is 1.65 bits per heavy atom. The third-order valence-corrected chi connectivity index (χ3v) is 6.87. The minimum Gasteiger partial charge on any atom is -0.497 e. The monoisotopic (exact) mass is 489 g/mol. The van der Waals surface area contributed by atoms with Crippen LogP contribution >= 0.6 is 0 Å². The van der Waals surface area contributed by atoms with Crippen LogP contribution in [0, 0.1) is 0 Å². The van der Waals surface area contributed by atoms with E-state index >= 15 is 0 Å². The largest absolute Gasteiger partial charge is 0.497 e. The molecule has 2 aliphatic heterocycles. The van der Waals surface area contributed by atoms with E-state index in [4.69, 9.17) is 14.2 Å². The van der Waals surface area contributed by atoms with Crippen molar-refractivity contribution in [2.45, 2.75) is 13.0 Å². The van der Waals surface area contributed by atoms with Gasteiger partial charge in [0.2, 0.25) is 5.78 Å². The van der Waals surface area contributed by atoms with Crippen LogP contribution in [0.3, 0.4) is 0 Å². The van der Waals surface area contributed by atoms with Gasteiger partial charge < -0.3 is 14.2 Å². The third-order valence-electron chi connectivity index (χ3n) is 6.87. The molecule has 37 heavy (non-hydrogen) atoms. The zero-order valence-electron chi connectivity index (χ0n) is 20.6. The van der Waals surface area contributed by atoms with Crippen LogP contribution in [0.1, 0.15) is 27.0 Å². The Labute approximate surface area is 216 Å². The van der Waals surface area contributed by atoms with E-state index in [0.717, 1.165) is 46.7 Å². The molecule has 6 rings (SSSR count).